The van der Waals surface area contributed by atoms with Crippen LogP contribution in [0.25, 0.3) is 0 Å². The first kappa shape index (κ1) is 12.7. The molecule has 82 valence electrons. The molecule has 5 heteroatoms. The minimum atomic E-state index is -0.555. The lowest BCUT2D eigenvalue weighted by molar-refractivity contribution is 0.152. The molecule has 14 heavy (non-hydrogen) atoms. The summed E-state index contributed by atoms with van der Waals surface area (Å²) in [6, 6.07) is 0. The van der Waals surface area contributed by atoms with Crippen molar-refractivity contribution in [3.05, 3.63) is 0 Å². The number of rotatable bonds is 5. The molecule has 0 rings (SSSR count). The highest BCUT2D eigenvalue weighted by Gasteiger charge is 2.01. The second-order valence-corrected chi connectivity index (χ2v) is 2.52. The van der Waals surface area contributed by atoms with Crippen molar-refractivity contribution >= 4 is 12.0 Å². The van der Waals surface area contributed by atoms with Crippen molar-refractivity contribution in [2.24, 2.45) is 5.10 Å². The van der Waals surface area contributed by atoms with E-state index in [1.165, 1.54) is 0 Å². The maximum atomic E-state index is 10.9. The third kappa shape index (κ3) is 6.28. The molecule has 0 heterocycles. The molecule has 0 aliphatic rings. The minimum Gasteiger partial charge on any atom is -0.480 e. The molecule has 1 N–H and O–H groups in total. The topological polar surface area (TPSA) is 59.9 Å². The highest BCUT2D eigenvalue weighted by molar-refractivity contribution is 5.78. The van der Waals surface area contributed by atoms with E-state index in [-0.39, 0.29) is 0 Å². The summed E-state index contributed by atoms with van der Waals surface area (Å²) in [5.41, 5.74) is 2.26. The highest BCUT2D eigenvalue weighted by atomic mass is 16.6. The fourth-order valence-corrected chi connectivity index (χ4v) is 0.812. The van der Waals surface area contributed by atoms with Crippen LogP contribution in [0.3, 0.4) is 0 Å². The molecule has 0 aliphatic heterocycles. The van der Waals surface area contributed by atoms with Crippen molar-refractivity contribution < 1.29 is 14.3 Å². The summed E-state index contributed by atoms with van der Waals surface area (Å²) in [6.07, 6.45) is 1.07. The van der Waals surface area contributed by atoms with Crippen LogP contribution in [-0.4, -0.2) is 25.2 Å². The van der Waals surface area contributed by atoms with Crippen LogP contribution < -0.4 is 5.43 Å². The minimum absolute atomic E-state index is 0.332. The van der Waals surface area contributed by atoms with Gasteiger partial charge in [0.1, 0.15) is 0 Å². The van der Waals surface area contributed by atoms with E-state index in [0.717, 1.165) is 6.42 Å². The van der Waals surface area contributed by atoms with Gasteiger partial charge in [-0.05, 0) is 20.3 Å². The number of nitrogens with zero attached hydrogens (tertiary/aromatic N) is 1. The van der Waals surface area contributed by atoms with E-state index in [4.69, 9.17) is 4.74 Å². The summed E-state index contributed by atoms with van der Waals surface area (Å²) in [6.45, 7) is 6.50. The maximum absolute atomic E-state index is 10.9. The first-order valence-corrected chi connectivity index (χ1v) is 4.86. The zero-order valence-electron chi connectivity index (χ0n) is 9.00. The molecule has 5 nitrogen and oxygen atoms in total. The molecule has 0 saturated carbocycles. The number of hydrogen-bond acceptors (Lipinski definition) is 4. The van der Waals surface area contributed by atoms with Crippen LogP contribution in [0, 0.1) is 0 Å². The van der Waals surface area contributed by atoms with Gasteiger partial charge in [-0.15, -0.1) is 5.10 Å². The van der Waals surface area contributed by atoms with E-state index in [2.05, 4.69) is 15.3 Å². The second kappa shape index (κ2) is 8.34. The number of amides is 1. The van der Waals surface area contributed by atoms with Crippen LogP contribution in [-0.2, 0) is 9.47 Å². The van der Waals surface area contributed by atoms with Crippen LogP contribution in [0.5, 0.6) is 0 Å². The fourth-order valence-electron chi connectivity index (χ4n) is 0.812. The van der Waals surface area contributed by atoms with Crippen LogP contribution in [0.2, 0.25) is 0 Å². The molecule has 0 radical (unpaired) electrons. The summed E-state index contributed by atoms with van der Waals surface area (Å²) in [5, 5.41) is 3.79. The van der Waals surface area contributed by atoms with E-state index >= 15 is 0 Å². The largest absolute Gasteiger partial charge is 0.480 e. The Morgan fingerprint density at radius 3 is 2.36 bits per heavy atom. The lowest BCUT2D eigenvalue weighted by atomic mass is 10.3. The van der Waals surface area contributed by atoms with Crippen molar-refractivity contribution in [3.63, 3.8) is 0 Å². The number of carbonyl (C=O) groups excluding carboxylic acids is 1. The van der Waals surface area contributed by atoms with Gasteiger partial charge >= 0.3 is 6.09 Å². The molecule has 0 bridgehead atoms. The zero-order valence-corrected chi connectivity index (χ0v) is 9.00. The Labute approximate surface area is 84.5 Å². The quantitative estimate of drug-likeness (QED) is 0.420. The molecule has 0 unspecified atom stereocenters. The Hall–Kier alpha value is -1.26. The van der Waals surface area contributed by atoms with E-state index in [1.807, 2.05) is 13.8 Å². The van der Waals surface area contributed by atoms with Gasteiger partial charge in [-0.1, -0.05) is 6.92 Å². The smallest absolute Gasteiger partial charge is 0.427 e. The third-order valence-electron chi connectivity index (χ3n) is 1.32. The van der Waals surface area contributed by atoms with Crippen molar-refractivity contribution in [1.82, 2.24) is 5.43 Å². The van der Waals surface area contributed by atoms with Gasteiger partial charge in [-0.2, -0.15) is 0 Å². The Morgan fingerprint density at radius 1 is 1.21 bits per heavy atom. The molecule has 0 saturated heterocycles. The molecule has 0 aromatic rings. The third-order valence-corrected chi connectivity index (χ3v) is 1.32. The first-order valence-electron chi connectivity index (χ1n) is 4.86. The van der Waals surface area contributed by atoms with Crippen LogP contribution >= 0.6 is 0 Å². The van der Waals surface area contributed by atoms with Gasteiger partial charge in [0.25, 0.3) is 0 Å². The lowest BCUT2D eigenvalue weighted by Crippen LogP contribution is -2.21. The summed E-state index contributed by atoms with van der Waals surface area (Å²) in [4.78, 5) is 10.9. The Balaban J connectivity index is 3.93. The van der Waals surface area contributed by atoms with Crippen molar-refractivity contribution in [3.8, 4) is 0 Å². The average Bonchev–Trinajstić information content (AvgIpc) is 2.15. The molecule has 0 spiro atoms. The van der Waals surface area contributed by atoms with E-state index in [0.29, 0.717) is 25.5 Å². The van der Waals surface area contributed by atoms with Crippen LogP contribution in [0.4, 0.5) is 4.79 Å². The second-order valence-electron chi connectivity index (χ2n) is 2.52. The molecule has 0 aromatic carbocycles. The van der Waals surface area contributed by atoms with Gasteiger partial charge < -0.3 is 9.47 Å². The number of hydrazone groups is 1. The van der Waals surface area contributed by atoms with Gasteiger partial charge in [-0.3, -0.25) is 0 Å². The fraction of sp³-hybridized carbons (Fsp3) is 0.778. The normalized spacial score (nSPS) is 10.9. The number of hydrogen-bond donors (Lipinski definition) is 1. The molecule has 0 fully saturated rings. The number of nitrogens with one attached hydrogen (secondary N) is 1. The first-order chi connectivity index (χ1) is 6.74. The molecule has 0 aromatic heterocycles. The van der Waals surface area contributed by atoms with Gasteiger partial charge in [0.05, 0.1) is 13.2 Å². The molecule has 0 atom stereocenters. The van der Waals surface area contributed by atoms with Crippen molar-refractivity contribution in [2.75, 3.05) is 13.2 Å². The van der Waals surface area contributed by atoms with Crippen molar-refractivity contribution in [2.45, 2.75) is 33.6 Å². The Morgan fingerprint density at radius 2 is 1.86 bits per heavy atom. The molecular formula is C9H18N2O3. The monoisotopic (exact) mass is 202 g/mol. The average molecular weight is 202 g/mol. The predicted octanol–water partition coefficient (Wildman–Crippen LogP) is 1.88. The van der Waals surface area contributed by atoms with Crippen molar-refractivity contribution in [1.29, 1.82) is 0 Å². The van der Waals surface area contributed by atoms with Gasteiger partial charge in [-0.25, -0.2) is 10.2 Å². The van der Waals surface area contributed by atoms with Crippen LogP contribution in [0.15, 0.2) is 5.10 Å². The SMILES string of the molecule is CCC/C(=N/NC(=O)OCC)OCC. The number of ether oxygens (including phenoxy) is 2. The standard InChI is InChI=1S/C9H18N2O3/c1-4-7-8(13-5-2)10-11-9(12)14-6-3/h4-7H2,1-3H3,(H,11,12)/b10-8-. The maximum Gasteiger partial charge on any atom is 0.427 e. The van der Waals surface area contributed by atoms with Gasteiger partial charge in [0.2, 0.25) is 5.90 Å². The Bertz CT molecular complexity index is 184. The van der Waals surface area contributed by atoms with E-state index in [9.17, 15) is 4.79 Å². The molecule has 0 aliphatic carbocycles. The lowest BCUT2D eigenvalue weighted by Gasteiger charge is -2.06. The molecular weight excluding hydrogens is 184 g/mol. The summed E-state index contributed by atoms with van der Waals surface area (Å²) in [7, 11) is 0. The van der Waals surface area contributed by atoms with Crippen LogP contribution in [0.1, 0.15) is 33.6 Å². The summed E-state index contributed by atoms with van der Waals surface area (Å²) < 4.78 is 9.83. The van der Waals surface area contributed by atoms with Gasteiger partial charge in [0.15, 0.2) is 0 Å². The van der Waals surface area contributed by atoms with Gasteiger partial charge in [0, 0.05) is 6.42 Å². The van der Waals surface area contributed by atoms with E-state index < -0.39 is 6.09 Å². The Kier molecular flexibility index (Phi) is 7.59. The number of carbonyl (C=O) groups is 1. The van der Waals surface area contributed by atoms with E-state index in [1.54, 1.807) is 6.92 Å². The molecule has 1 amide bonds. The highest BCUT2D eigenvalue weighted by Crippen LogP contribution is 1.93. The predicted molar refractivity (Wildman–Crippen MR) is 54.1 cm³/mol. The summed E-state index contributed by atoms with van der Waals surface area (Å²) >= 11 is 0. The zero-order chi connectivity index (χ0) is 10.8. The summed E-state index contributed by atoms with van der Waals surface area (Å²) in [5.74, 6) is 0.531.